The number of ether oxygens (including phenoxy) is 13. The molecule has 0 saturated carbocycles. The van der Waals surface area contributed by atoms with Gasteiger partial charge in [-0.15, -0.1) is 0 Å². The number of hydrogen-bond acceptors (Lipinski definition) is 16. The molecule has 8 aromatic rings. The molecule has 0 bridgehead atoms. The Bertz CT molecular complexity index is 3390. The first-order valence-electron chi connectivity index (χ1n) is 34.3. The Hall–Kier alpha value is -6.88. The third-order valence-corrected chi connectivity index (χ3v) is 18.0. The van der Waals surface area contributed by atoms with Gasteiger partial charge in [0.05, 0.1) is 84.4 Å². The van der Waals surface area contributed by atoms with Gasteiger partial charge in [0.2, 0.25) is 0 Å². The molecule has 0 spiro atoms. The highest BCUT2D eigenvalue weighted by Crippen LogP contribution is 2.43. The third kappa shape index (κ3) is 21.3. The Balaban J connectivity index is 1.03. The largest absolute Gasteiger partial charge is 0.387 e. The SMILES string of the molecule is CC(COCc1ccccc1)C(OCc1ccccc1)C(OCc1ccccc1)C(OC1OC(COCc2ccccc2)C(OCc2ccccc2)C(OCc2ccccc2)C1CC1OC2COC(c3ccccc3)OC2C(O)C1OCc1ccccc1)C(O)OCCCCCN. The molecule has 11 rings (SSSR count). The molecule has 3 fully saturated rings. The number of aliphatic hydroxyl groups excluding tert-OH is 2. The molecule has 3 saturated heterocycles. The molecule has 0 radical (unpaired) electrons. The number of aliphatic hydroxyl groups is 2. The van der Waals surface area contributed by atoms with E-state index in [1.165, 1.54) is 0 Å². The first-order chi connectivity index (χ1) is 47.8. The average molecular weight is 1320 g/mol. The standard InChI is InChI=1S/C81H95NO15/c1-58(48-85-49-59-29-11-2-12-30-59)72(88-51-61-33-15-4-16-34-61)77(92-55-65-41-23-8-24-42-65)78(79(84)87-46-28-10-27-45-82)97-81-67(47-68-74(90-53-63-37-19-6-20-38-63)71(83)75-70(94-68)57-93-80(96-75)66-43-25-9-26-44-66)73(89-52-62-35-17-5-18-36-62)76(91-54-64-39-21-7-22-40-64)69(95-81)56-86-50-60-31-13-3-14-32-60/h2-9,11-26,29-44,58,67-81,83-84H,10,27-28,45-57,82H2,1H3. The van der Waals surface area contributed by atoms with E-state index in [-0.39, 0.29) is 78.4 Å². The Morgan fingerprint density at radius 1 is 0.454 bits per heavy atom. The first-order valence-corrected chi connectivity index (χ1v) is 34.3. The zero-order valence-corrected chi connectivity index (χ0v) is 55.4. The molecule has 3 aliphatic rings. The zero-order chi connectivity index (χ0) is 66.6. The van der Waals surface area contributed by atoms with Gasteiger partial charge < -0.3 is 77.5 Å². The van der Waals surface area contributed by atoms with Crippen LogP contribution in [0.3, 0.4) is 0 Å². The van der Waals surface area contributed by atoms with Crippen LogP contribution in [0, 0.1) is 11.8 Å². The second-order valence-electron chi connectivity index (χ2n) is 25.3. The van der Waals surface area contributed by atoms with Crippen molar-refractivity contribution in [2.24, 2.45) is 17.6 Å². The van der Waals surface area contributed by atoms with Crippen LogP contribution in [0.4, 0.5) is 0 Å². The molecule has 16 heteroatoms. The molecule has 16 atom stereocenters. The number of rotatable bonds is 38. The number of fused-ring (bicyclic) bond motifs is 1. The molecular formula is C81H95NO15. The predicted molar refractivity (Wildman–Crippen MR) is 368 cm³/mol. The first kappa shape index (κ1) is 71.4. The van der Waals surface area contributed by atoms with Crippen molar-refractivity contribution >= 4 is 0 Å². The Kier molecular flexibility index (Phi) is 28.3. The molecular weight excluding hydrogens is 1230 g/mol. The van der Waals surface area contributed by atoms with Crippen LogP contribution in [0.15, 0.2) is 243 Å². The van der Waals surface area contributed by atoms with Gasteiger partial charge in [0.25, 0.3) is 0 Å². The Morgan fingerprint density at radius 2 is 0.907 bits per heavy atom. The normalized spacial score (nSPS) is 24.1. The maximum atomic E-state index is 13.2. The fourth-order valence-electron chi connectivity index (χ4n) is 12.9. The number of unbranched alkanes of at least 4 members (excludes halogenated alkanes) is 2. The van der Waals surface area contributed by atoms with Gasteiger partial charge in [0.15, 0.2) is 18.9 Å². The molecule has 3 aliphatic heterocycles. The second kappa shape index (κ2) is 38.5. The highest BCUT2D eigenvalue weighted by Gasteiger charge is 2.56. The molecule has 0 amide bonds. The summed E-state index contributed by atoms with van der Waals surface area (Å²) in [5.74, 6) is -1.23. The maximum absolute atomic E-state index is 13.2. The maximum Gasteiger partial charge on any atom is 0.184 e. The third-order valence-electron chi connectivity index (χ3n) is 18.0. The highest BCUT2D eigenvalue weighted by atomic mass is 16.7. The smallest absolute Gasteiger partial charge is 0.184 e. The lowest BCUT2D eigenvalue weighted by atomic mass is 9.82. The van der Waals surface area contributed by atoms with Crippen LogP contribution in [-0.4, -0.2) is 123 Å². The summed E-state index contributed by atoms with van der Waals surface area (Å²) in [5, 5.41) is 26.3. The molecule has 4 N–H and O–H groups in total. The van der Waals surface area contributed by atoms with Gasteiger partial charge >= 0.3 is 0 Å². The molecule has 16 unspecified atom stereocenters. The van der Waals surface area contributed by atoms with Gasteiger partial charge in [0.1, 0.15) is 48.8 Å². The van der Waals surface area contributed by atoms with Crippen molar-refractivity contribution in [3.8, 4) is 0 Å². The van der Waals surface area contributed by atoms with Crippen LogP contribution < -0.4 is 5.73 Å². The minimum atomic E-state index is -1.64. The Morgan fingerprint density at radius 3 is 1.42 bits per heavy atom. The van der Waals surface area contributed by atoms with Crippen molar-refractivity contribution in [1.29, 1.82) is 0 Å². The van der Waals surface area contributed by atoms with E-state index in [2.05, 4.69) is 6.92 Å². The summed E-state index contributed by atoms with van der Waals surface area (Å²) in [4.78, 5) is 0. The monoisotopic (exact) mass is 1320 g/mol. The van der Waals surface area contributed by atoms with E-state index >= 15 is 0 Å². The van der Waals surface area contributed by atoms with E-state index in [0.29, 0.717) is 19.6 Å². The summed E-state index contributed by atoms with van der Waals surface area (Å²) in [6.45, 7) is 4.54. The van der Waals surface area contributed by atoms with Crippen LogP contribution in [0.1, 0.15) is 83.4 Å². The van der Waals surface area contributed by atoms with Crippen LogP contribution in [0.5, 0.6) is 0 Å². The van der Waals surface area contributed by atoms with Crippen LogP contribution in [-0.2, 0) is 108 Å². The van der Waals surface area contributed by atoms with Gasteiger partial charge in [-0.3, -0.25) is 0 Å². The summed E-state index contributed by atoms with van der Waals surface area (Å²) in [6.07, 6.45) is -12.0. The molecule has 0 aliphatic carbocycles. The van der Waals surface area contributed by atoms with Crippen molar-refractivity contribution in [3.05, 3.63) is 287 Å². The molecule has 97 heavy (non-hydrogen) atoms. The minimum Gasteiger partial charge on any atom is -0.387 e. The van der Waals surface area contributed by atoms with Crippen molar-refractivity contribution in [2.75, 3.05) is 33.0 Å². The summed E-state index contributed by atoms with van der Waals surface area (Å²) in [5.41, 5.74) is 13.4. The van der Waals surface area contributed by atoms with Crippen LogP contribution in [0.2, 0.25) is 0 Å². The van der Waals surface area contributed by atoms with Crippen LogP contribution >= 0.6 is 0 Å². The van der Waals surface area contributed by atoms with Crippen molar-refractivity contribution in [2.45, 2.75) is 165 Å². The number of nitrogens with two attached hydrogens (primary N) is 1. The van der Waals surface area contributed by atoms with Gasteiger partial charge in [-0.1, -0.05) is 250 Å². The lowest BCUT2D eigenvalue weighted by molar-refractivity contribution is -0.358. The fraction of sp³-hybridized carbons (Fsp3) is 0.407. The molecule has 8 aromatic carbocycles. The average Bonchev–Trinajstić information content (AvgIpc) is 0.780. The van der Waals surface area contributed by atoms with E-state index in [1.807, 2.05) is 243 Å². The minimum absolute atomic E-state index is 0.0337. The topological polar surface area (TPSA) is 186 Å². The van der Waals surface area contributed by atoms with Crippen molar-refractivity contribution < 1.29 is 71.8 Å². The van der Waals surface area contributed by atoms with E-state index in [1.54, 1.807) is 0 Å². The van der Waals surface area contributed by atoms with E-state index < -0.39 is 91.9 Å². The molecule has 3 heterocycles. The fourth-order valence-corrected chi connectivity index (χ4v) is 12.9. The van der Waals surface area contributed by atoms with Crippen molar-refractivity contribution in [3.63, 3.8) is 0 Å². The van der Waals surface area contributed by atoms with E-state index in [9.17, 15) is 10.2 Å². The summed E-state index contributed by atoms with van der Waals surface area (Å²) >= 11 is 0. The summed E-state index contributed by atoms with van der Waals surface area (Å²) in [7, 11) is 0. The molecule has 0 aromatic heterocycles. The van der Waals surface area contributed by atoms with Gasteiger partial charge in [-0.2, -0.15) is 0 Å². The predicted octanol–water partition coefficient (Wildman–Crippen LogP) is 12.8. The second-order valence-corrected chi connectivity index (χ2v) is 25.3. The molecule has 514 valence electrons. The molecule has 16 nitrogen and oxygen atoms in total. The lowest BCUT2D eigenvalue weighted by Crippen LogP contribution is -2.65. The van der Waals surface area contributed by atoms with Gasteiger partial charge in [-0.05, 0) is 71.2 Å². The van der Waals surface area contributed by atoms with Gasteiger partial charge in [-0.25, -0.2) is 0 Å². The van der Waals surface area contributed by atoms with E-state index in [4.69, 9.17) is 67.3 Å². The number of hydrogen-bond donors (Lipinski definition) is 3. The van der Waals surface area contributed by atoms with Crippen LogP contribution in [0.25, 0.3) is 0 Å². The number of benzene rings is 8. The van der Waals surface area contributed by atoms with Crippen molar-refractivity contribution in [1.82, 2.24) is 0 Å². The van der Waals surface area contributed by atoms with E-state index in [0.717, 1.165) is 57.3 Å². The highest BCUT2D eigenvalue weighted by molar-refractivity contribution is 5.21. The Labute approximate surface area is 571 Å². The zero-order valence-electron chi connectivity index (χ0n) is 55.4. The quantitative estimate of drug-likeness (QED) is 0.0245. The summed E-state index contributed by atoms with van der Waals surface area (Å²) < 4.78 is 91.9. The van der Waals surface area contributed by atoms with Gasteiger partial charge in [0, 0.05) is 24.0 Å². The lowest BCUT2D eigenvalue weighted by Gasteiger charge is -2.51. The summed E-state index contributed by atoms with van der Waals surface area (Å²) in [6, 6.07) is 79.3.